The molecule has 0 saturated heterocycles. The van der Waals surface area contributed by atoms with Gasteiger partial charge in [0.05, 0.1) is 9.99 Å². The zero-order valence-corrected chi connectivity index (χ0v) is 13.8. The van der Waals surface area contributed by atoms with Crippen molar-refractivity contribution in [3.8, 4) is 17.6 Å². The van der Waals surface area contributed by atoms with E-state index in [1.807, 2.05) is 42.5 Å². The van der Waals surface area contributed by atoms with Crippen molar-refractivity contribution < 1.29 is 4.74 Å². The van der Waals surface area contributed by atoms with E-state index in [-0.39, 0.29) is 0 Å². The second-order valence-electron chi connectivity index (χ2n) is 4.31. The van der Waals surface area contributed by atoms with E-state index in [4.69, 9.17) is 4.74 Å². The lowest BCUT2D eigenvalue weighted by molar-refractivity contribution is 0.483. The van der Waals surface area contributed by atoms with Crippen molar-refractivity contribution in [1.29, 1.82) is 5.26 Å². The summed E-state index contributed by atoms with van der Waals surface area (Å²) in [7, 11) is 0. The SMILES string of the molecule is N#Cc1cnc2ccccc2c1Oc1ccc(Br)cc1Br. The lowest BCUT2D eigenvalue weighted by atomic mass is 10.1. The van der Waals surface area contributed by atoms with Gasteiger partial charge in [0.25, 0.3) is 0 Å². The Balaban J connectivity index is 2.17. The summed E-state index contributed by atoms with van der Waals surface area (Å²) in [5.74, 6) is 1.16. The predicted octanol–water partition coefficient (Wildman–Crippen LogP) is 5.42. The van der Waals surface area contributed by atoms with E-state index in [0.717, 1.165) is 19.8 Å². The smallest absolute Gasteiger partial charge is 0.156 e. The van der Waals surface area contributed by atoms with Crippen LogP contribution in [0.5, 0.6) is 11.5 Å². The van der Waals surface area contributed by atoms with Crippen molar-refractivity contribution in [2.45, 2.75) is 0 Å². The van der Waals surface area contributed by atoms with Crippen molar-refractivity contribution in [2.75, 3.05) is 0 Å². The number of fused-ring (bicyclic) bond motifs is 1. The van der Waals surface area contributed by atoms with Crippen molar-refractivity contribution >= 4 is 42.8 Å². The van der Waals surface area contributed by atoms with Crippen LogP contribution in [-0.4, -0.2) is 4.98 Å². The van der Waals surface area contributed by atoms with Gasteiger partial charge in [-0.05, 0) is 46.3 Å². The van der Waals surface area contributed by atoms with Gasteiger partial charge in [0.1, 0.15) is 17.4 Å². The third-order valence-corrected chi connectivity index (χ3v) is 4.07. The molecule has 0 spiro atoms. The van der Waals surface area contributed by atoms with E-state index in [2.05, 4.69) is 42.9 Å². The minimum atomic E-state index is 0.406. The van der Waals surface area contributed by atoms with Gasteiger partial charge in [0.15, 0.2) is 5.75 Å². The number of pyridine rings is 1. The number of aromatic nitrogens is 1. The van der Waals surface area contributed by atoms with Crippen LogP contribution in [0, 0.1) is 11.3 Å². The number of hydrogen-bond acceptors (Lipinski definition) is 3. The minimum Gasteiger partial charge on any atom is -0.454 e. The van der Waals surface area contributed by atoms with E-state index in [0.29, 0.717) is 17.1 Å². The molecule has 0 radical (unpaired) electrons. The number of rotatable bonds is 2. The Bertz CT molecular complexity index is 872. The van der Waals surface area contributed by atoms with Crippen molar-refractivity contribution in [2.24, 2.45) is 0 Å². The number of ether oxygens (including phenoxy) is 1. The predicted molar refractivity (Wildman–Crippen MR) is 88.4 cm³/mol. The Morgan fingerprint density at radius 1 is 1.10 bits per heavy atom. The second kappa shape index (κ2) is 5.84. The maximum absolute atomic E-state index is 9.28. The molecule has 0 saturated carbocycles. The highest BCUT2D eigenvalue weighted by molar-refractivity contribution is 9.11. The number of halogens is 2. The van der Waals surface area contributed by atoms with Gasteiger partial charge in [-0.15, -0.1) is 0 Å². The zero-order chi connectivity index (χ0) is 14.8. The lowest BCUT2D eigenvalue weighted by Gasteiger charge is -2.11. The first-order valence-electron chi connectivity index (χ1n) is 6.10. The van der Waals surface area contributed by atoms with E-state index in [1.54, 1.807) is 0 Å². The van der Waals surface area contributed by atoms with Crippen molar-refractivity contribution in [1.82, 2.24) is 4.98 Å². The van der Waals surface area contributed by atoms with Crippen molar-refractivity contribution in [3.63, 3.8) is 0 Å². The minimum absolute atomic E-state index is 0.406. The molecule has 0 amide bonds. The Labute approximate surface area is 138 Å². The van der Waals surface area contributed by atoms with E-state index in [9.17, 15) is 5.26 Å². The summed E-state index contributed by atoms with van der Waals surface area (Å²) in [5.41, 5.74) is 1.20. The monoisotopic (exact) mass is 402 g/mol. The maximum Gasteiger partial charge on any atom is 0.156 e. The van der Waals surface area contributed by atoms with Gasteiger partial charge < -0.3 is 4.74 Å². The quantitative estimate of drug-likeness (QED) is 0.573. The van der Waals surface area contributed by atoms with E-state index >= 15 is 0 Å². The molecule has 0 aliphatic heterocycles. The molecule has 0 bridgehead atoms. The summed E-state index contributed by atoms with van der Waals surface area (Å²) < 4.78 is 7.72. The van der Waals surface area contributed by atoms with Crippen LogP contribution in [-0.2, 0) is 0 Å². The summed E-state index contributed by atoms with van der Waals surface area (Å²) in [6.45, 7) is 0. The fourth-order valence-electron chi connectivity index (χ4n) is 1.97. The van der Waals surface area contributed by atoms with Crippen LogP contribution in [0.2, 0.25) is 0 Å². The molecule has 0 N–H and O–H groups in total. The molecule has 0 aliphatic carbocycles. The molecule has 3 nitrogen and oxygen atoms in total. The highest BCUT2D eigenvalue weighted by Crippen LogP contribution is 2.36. The highest BCUT2D eigenvalue weighted by atomic mass is 79.9. The van der Waals surface area contributed by atoms with Crippen LogP contribution in [0.3, 0.4) is 0 Å². The summed E-state index contributed by atoms with van der Waals surface area (Å²) in [6.07, 6.45) is 1.53. The largest absolute Gasteiger partial charge is 0.454 e. The molecule has 1 aromatic heterocycles. The molecule has 5 heteroatoms. The Hall–Kier alpha value is -1.90. The number of benzene rings is 2. The molecule has 0 atom stereocenters. The topological polar surface area (TPSA) is 45.9 Å². The molecular weight excluding hydrogens is 396 g/mol. The molecule has 0 fully saturated rings. The number of nitriles is 1. The molecular formula is C16H8Br2N2O. The zero-order valence-electron chi connectivity index (χ0n) is 10.7. The van der Waals surface area contributed by atoms with Crippen LogP contribution in [0.4, 0.5) is 0 Å². The lowest BCUT2D eigenvalue weighted by Crippen LogP contribution is -1.93. The van der Waals surface area contributed by atoms with Crippen LogP contribution < -0.4 is 4.74 Å². The molecule has 1 heterocycles. The van der Waals surface area contributed by atoms with E-state index < -0.39 is 0 Å². The Morgan fingerprint density at radius 2 is 1.90 bits per heavy atom. The summed E-state index contributed by atoms with van der Waals surface area (Å²) in [5, 5.41) is 10.1. The van der Waals surface area contributed by atoms with Gasteiger partial charge in [-0.3, -0.25) is 4.98 Å². The van der Waals surface area contributed by atoms with Crippen LogP contribution in [0.1, 0.15) is 5.56 Å². The highest BCUT2D eigenvalue weighted by Gasteiger charge is 2.12. The average molecular weight is 404 g/mol. The number of para-hydroxylation sites is 1. The first-order valence-corrected chi connectivity index (χ1v) is 7.68. The molecule has 2 aromatic carbocycles. The van der Waals surface area contributed by atoms with Gasteiger partial charge in [-0.2, -0.15) is 5.26 Å². The van der Waals surface area contributed by atoms with Gasteiger partial charge in [-0.1, -0.05) is 28.1 Å². The maximum atomic E-state index is 9.28. The van der Waals surface area contributed by atoms with Gasteiger partial charge >= 0.3 is 0 Å². The third-order valence-electron chi connectivity index (χ3n) is 2.95. The summed E-state index contributed by atoms with van der Waals surface area (Å²) in [6, 6.07) is 15.3. The first kappa shape index (κ1) is 14.1. The van der Waals surface area contributed by atoms with Gasteiger partial charge in [0, 0.05) is 16.1 Å². The first-order chi connectivity index (χ1) is 10.2. The second-order valence-corrected chi connectivity index (χ2v) is 6.08. The fourth-order valence-corrected chi connectivity index (χ4v) is 3.10. The van der Waals surface area contributed by atoms with Crippen LogP contribution in [0.25, 0.3) is 10.9 Å². The molecule has 21 heavy (non-hydrogen) atoms. The fraction of sp³-hybridized carbons (Fsp3) is 0. The normalized spacial score (nSPS) is 10.3. The Kier molecular flexibility index (Phi) is 3.91. The number of nitrogens with zero attached hydrogens (tertiary/aromatic N) is 2. The molecule has 3 rings (SSSR count). The summed E-state index contributed by atoms with van der Waals surface area (Å²) in [4.78, 5) is 4.27. The van der Waals surface area contributed by atoms with Crippen molar-refractivity contribution in [3.05, 3.63) is 63.2 Å². The average Bonchev–Trinajstić information content (AvgIpc) is 2.50. The molecule has 0 aliphatic rings. The third kappa shape index (κ3) is 2.78. The number of hydrogen-bond donors (Lipinski definition) is 0. The Morgan fingerprint density at radius 3 is 2.67 bits per heavy atom. The molecule has 102 valence electrons. The standard InChI is InChI=1S/C16H8Br2N2O/c17-11-5-6-15(13(18)7-11)21-16-10(8-19)9-20-14-4-2-1-3-12(14)16/h1-7,9H. The summed E-state index contributed by atoms with van der Waals surface area (Å²) >= 11 is 6.86. The van der Waals surface area contributed by atoms with E-state index in [1.165, 1.54) is 6.20 Å². The van der Waals surface area contributed by atoms with Crippen LogP contribution in [0.15, 0.2) is 57.6 Å². The molecule has 3 aromatic rings. The molecule has 0 unspecified atom stereocenters. The van der Waals surface area contributed by atoms with Gasteiger partial charge in [-0.25, -0.2) is 0 Å². The van der Waals surface area contributed by atoms with Crippen LogP contribution >= 0.6 is 31.9 Å². The van der Waals surface area contributed by atoms with Gasteiger partial charge in [0.2, 0.25) is 0 Å².